The molecule has 4 heterocycles. The number of benzene rings is 7. The number of para-hydroxylation sites is 3. The minimum Gasteiger partial charge on any atom is -0.456 e. The number of hydrogen-bond donors (Lipinski definition) is 0. The Morgan fingerprint density at radius 2 is 1.09 bits per heavy atom. The molecule has 6 heteroatoms. The van der Waals surface area contributed by atoms with Gasteiger partial charge in [-0.05, 0) is 36.4 Å². The van der Waals surface area contributed by atoms with E-state index < -0.39 is 0 Å². The zero-order valence-electron chi connectivity index (χ0n) is 28.1. The third-order valence-corrected chi connectivity index (χ3v) is 10.3. The summed E-state index contributed by atoms with van der Waals surface area (Å²) >= 11 is 0. The number of nitrogens with zero attached hydrogens (tertiary/aromatic N) is 4. The number of nitriles is 1. The highest BCUT2D eigenvalue weighted by Gasteiger charge is 2.25. The van der Waals surface area contributed by atoms with Gasteiger partial charge in [0.05, 0.1) is 28.1 Å². The van der Waals surface area contributed by atoms with E-state index in [1.54, 1.807) is 0 Å². The molecule has 0 aliphatic carbocycles. The molecule has 0 spiro atoms. The van der Waals surface area contributed by atoms with Crippen molar-refractivity contribution in [3.05, 3.63) is 163 Å². The highest BCUT2D eigenvalue weighted by molar-refractivity contribution is 6.19. The molecule has 0 saturated carbocycles. The SMILES string of the molecule is N#Cc1c(-c2ccccc2)nc(-c2ccc(-n3c4ccccc4c4cc5c(cc43)oc3ccccc35)c3oc4ccccc4c23)nc1-c1ccccc1. The minimum absolute atomic E-state index is 0.429. The Morgan fingerprint density at radius 1 is 0.491 bits per heavy atom. The topological polar surface area (TPSA) is 80.8 Å². The van der Waals surface area contributed by atoms with Crippen LogP contribution < -0.4 is 0 Å². The van der Waals surface area contributed by atoms with Gasteiger partial charge in [0.2, 0.25) is 0 Å². The van der Waals surface area contributed by atoms with E-state index in [0.717, 1.165) is 82.5 Å². The lowest BCUT2D eigenvalue weighted by Gasteiger charge is -2.14. The lowest BCUT2D eigenvalue weighted by molar-refractivity contribution is 0.665. The number of furan rings is 2. The van der Waals surface area contributed by atoms with Crippen LogP contribution >= 0.6 is 0 Å². The van der Waals surface area contributed by atoms with Gasteiger partial charge in [0, 0.05) is 55.1 Å². The smallest absolute Gasteiger partial charge is 0.161 e. The Kier molecular flexibility index (Phi) is 6.22. The van der Waals surface area contributed by atoms with E-state index in [1.807, 2.05) is 97.1 Å². The van der Waals surface area contributed by atoms with E-state index in [2.05, 4.69) is 71.3 Å². The Hall–Kier alpha value is -7.49. The van der Waals surface area contributed by atoms with Gasteiger partial charge in [-0.1, -0.05) is 115 Å². The van der Waals surface area contributed by atoms with Crippen LogP contribution in [-0.4, -0.2) is 14.5 Å². The molecule has 0 fully saturated rings. The molecule has 6 nitrogen and oxygen atoms in total. The molecule has 0 aliphatic rings. The first-order chi connectivity index (χ1) is 26.2. The van der Waals surface area contributed by atoms with Crippen molar-refractivity contribution in [1.29, 1.82) is 5.26 Å². The van der Waals surface area contributed by atoms with E-state index in [0.29, 0.717) is 28.4 Å². The van der Waals surface area contributed by atoms with E-state index >= 15 is 0 Å². The Labute approximate surface area is 302 Å². The molecule has 4 aromatic heterocycles. The number of fused-ring (bicyclic) bond motifs is 9. The predicted octanol–water partition coefficient (Wildman–Crippen LogP) is 12.2. The van der Waals surface area contributed by atoms with Crippen molar-refractivity contribution in [2.45, 2.75) is 0 Å². The van der Waals surface area contributed by atoms with Crippen LogP contribution in [0.25, 0.3) is 105 Å². The van der Waals surface area contributed by atoms with Gasteiger partial charge in [0.1, 0.15) is 28.4 Å². The summed E-state index contributed by atoms with van der Waals surface area (Å²) in [5.41, 5.74) is 10.2. The van der Waals surface area contributed by atoms with Crippen LogP contribution in [0, 0.1) is 11.3 Å². The maximum Gasteiger partial charge on any atom is 0.161 e. The van der Waals surface area contributed by atoms with Gasteiger partial charge in [-0.3, -0.25) is 0 Å². The fourth-order valence-electron chi connectivity index (χ4n) is 7.92. The van der Waals surface area contributed by atoms with Crippen LogP contribution in [0.4, 0.5) is 0 Å². The van der Waals surface area contributed by atoms with Gasteiger partial charge in [-0.25, -0.2) is 9.97 Å². The molecule has 53 heavy (non-hydrogen) atoms. The quantitative estimate of drug-likeness (QED) is 0.185. The Balaban J connectivity index is 1.24. The molecule has 0 unspecified atom stereocenters. The molecule has 0 amide bonds. The zero-order chi connectivity index (χ0) is 35.0. The first-order valence-electron chi connectivity index (χ1n) is 17.5. The molecule has 0 radical (unpaired) electrons. The molecule has 0 saturated heterocycles. The van der Waals surface area contributed by atoms with Crippen LogP contribution in [0.15, 0.2) is 167 Å². The minimum atomic E-state index is 0.429. The first-order valence-corrected chi connectivity index (χ1v) is 17.5. The first kappa shape index (κ1) is 29.3. The summed E-state index contributed by atoms with van der Waals surface area (Å²) in [4.78, 5) is 10.3. The number of aromatic nitrogens is 3. The maximum atomic E-state index is 10.5. The van der Waals surface area contributed by atoms with Crippen LogP contribution in [0.2, 0.25) is 0 Å². The fraction of sp³-hybridized carbons (Fsp3) is 0. The third-order valence-electron chi connectivity index (χ3n) is 10.3. The standard InChI is InChI=1S/C47H26N4O2/c48-27-36-44(28-13-3-1-4-14-28)49-47(50-45(36)29-15-5-2-6-16-29)33-23-24-38(46-43(33)32-19-9-12-22-41(32)53-46)51-37-20-10-7-17-30(37)34-25-35-31-18-8-11-21-40(31)52-42(35)26-39(34)51/h1-26H. The second-order valence-electron chi connectivity index (χ2n) is 13.2. The van der Waals surface area contributed by atoms with Crippen molar-refractivity contribution in [3.63, 3.8) is 0 Å². The second-order valence-corrected chi connectivity index (χ2v) is 13.2. The van der Waals surface area contributed by atoms with E-state index in [4.69, 9.17) is 18.8 Å². The fourth-order valence-corrected chi connectivity index (χ4v) is 7.92. The maximum absolute atomic E-state index is 10.5. The van der Waals surface area contributed by atoms with Crippen molar-refractivity contribution >= 4 is 65.7 Å². The van der Waals surface area contributed by atoms with E-state index in [9.17, 15) is 5.26 Å². The largest absolute Gasteiger partial charge is 0.456 e. The number of rotatable bonds is 4. The molecule has 0 bridgehead atoms. The summed E-state index contributed by atoms with van der Waals surface area (Å²) in [6.45, 7) is 0. The summed E-state index contributed by atoms with van der Waals surface area (Å²) in [6, 6.07) is 55.5. The van der Waals surface area contributed by atoms with Crippen molar-refractivity contribution in [2.24, 2.45) is 0 Å². The van der Waals surface area contributed by atoms with Crippen LogP contribution in [0.1, 0.15) is 5.56 Å². The average Bonchev–Trinajstić information content (AvgIpc) is 3.89. The van der Waals surface area contributed by atoms with E-state index in [-0.39, 0.29) is 0 Å². The lowest BCUT2D eigenvalue weighted by Crippen LogP contribution is -2.02. The second kappa shape index (κ2) is 11.3. The monoisotopic (exact) mass is 678 g/mol. The molecular weight excluding hydrogens is 653 g/mol. The molecule has 7 aromatic carbocycles. The number of hydrogen-bond acceptors (Lipinski definition) is 5. The van der Waals surface area contributed by atoms with Gasteiger partial charge in [0.15, 0.2) is 11.4 Å². The molecule has 246 valence electrons. The lowest BCUT2D eigenvalue weighted by atomic mass is 9.99. The molecule has 0 atom stereocenters. The summed E-state index contributed by atoms with van der Waals surface area (Å²) < 4.78 is 15.5. The molecule has 0 aliphatic heterocycles. The van der Waals surface area contributed by atoms with Gasteiger partial charge >= 0.3 is 0 Å². The normalized spacial score (nSPS) is 11.8. The Bertz CT molecular complexity index is 3230. The molecular formula is C47H26N4O2. The van der Waals surface area contributed by atoms with Gasteiger partial charge in [0.25, 0.3) is 0 Å². The molecule has 0 N–H and O–H groups in total. The van der Waals surface area contributed by atoms with Crippen molar-refractivity contribution in [2.75, 3.05) is 0 Å². The van der Waals surface area contributed by atoms with Crippen LogP contribution in [0.3, 0.4) is 0 Å². The highest BCUT2D eigenvalue weighted by atomic mass is 16.3. The summed E-state index contributed by atoms with van der Waals surface area (Å²) in [6.07, 6.45) is 0. The van der Waals surface area contributed by atoms with Gasteiger partial charge in [-0.2, -0.15) is 5.26 Å². The predicted molar refractivity (Wildman–Crippen MR) is 212 cm³/mol. The van der Waals surface area contributed by atoms with Gasteiger partial charge < -0.3 is 13.4 Å². The van der Waals surface area contributed by atoms with Crippen LogP contribution in [0.5, 0.6) is 0 Å². The van der Waals surface area contributed by atoms with Crippen molar-refractivity contribution < 1.29 is 8.83 Å². The summed E-state index contributed by atoms with van der Waals surface area (Å²) in [5, 5.41) is 16.8. The molecule has 11 aromatic rings. The zero-order valence-corrected chi connectivity index (χ0v) is 28.1. The summed E-state index contributed by atoms with van der Waals surface area (Å²) in [7, 11) is 0. The van der Waals surface area contributed by atoms with Crippen molar-refractivity contribution in [3.8, 4) is 45.7 Å². The van der Waals surface area contributed by atoms with Crippen molar-refractivity contribution in [1.82, 2.24) is 14.5 Å². The molecule has 11 rings (SSSR count). The van der Waals surface area contributed by atoms with E-state index in [1.165, 1.54) is 0 Å². The summed E-state index contributed by atoms with van der Waals surface area (Å²) in [5.74, 6) is 0.510. The van der Waals surface area contributed by atoms with Crippen LogP contribution in [-0.2, 0) is 0 Å². The highest BCUT2D eigenvalue weighted by Crippen LogP contribution is 2.44. The third kappa shape index (κ3) is 4.32. The Morgan fingerprint density at radius 3 is 1.79 bits per heavy atom. The van der Waals surface area contributed by atoms with Gasteiger partial charge in [-0.15, -0.1) is 0 Å². The average molecular weight is 679 g/mol.